The van der Waals surface area contributed by atoms with Crippen molar-refractivity contribution in [3.63, 3.8) is 0 Å². The normalized spacial score (nSPS) is 16.9. The largest absolute Gasteiger partial charge is 0.493 e. The van der Waals surface area contributed by atoms with Gasteiger partial charge in [0.25, 0.3) is 5.91 Å². The number of methoxy groups -OCH3 is 2. The summed E-state index contributed by atoms with van der Waals surface area (Å²) in [6.07, 6.45) is 1.55. The first-order valence-corrected chi connectivity index (χ1v) is 13.7. The molecular formula is C30H34FN5O5. The van der Waals surface area contributed by atoms with Crippen LogP contribution in [0.1, 0.15) is 23.2 Å². The van der Waals surface area contributed by atoms with Crippen molar-refractivity contribution in [2.75, 3.05) is 65.0 Å². The molecule has 5 rings (SSSR count). The average Bonchev–Trinajstić information content (AvgIpc) is 3.53. The lowest BCUT2D eigenvalue weighted by molar-refractivity contribution is -0.132. The van der Waals surface area contributed by atoms with Crippen molar-refractivity contribution >= 4 is 17.6 Å². The Labute approximate surface area is 238 Å². The lowest BCUT2D eigenvalue weighted by Gasteiger charge is -2.36. The smallest absolute Gasteiger partial charge is 0.257 e. The van der Waals surface area contributed by atoms with Crippen molar-refractivity contribution in [1.82, 2.24) is 20.0 Å². The lowest BCUT2D eigenvalue weighted by atomic mass is 10.1. The van der Waals surface area contributed by atoms with E-state index in [9.17, 15) is 14.0 Å². The second-order valence-electron chi connectivity index (χ2n) is 10.0. The van der Waals surface area contributed by atoms with Crippen LogP contribution in [0.5, 0.6) is 11.5 Å². The number of piperazine rings is 1. The predicted octanol–water partition coefficient (Wildman–Crippen LogP) is 3.27. The van der Waals surface area contributed by atoms with Crippen LogP contribution in [-0.4, -0.2) is 98.0 Å². The number of rotatable bonds is 9. The van der Waals surface area contributed by atoms with E-state index in [1.165, 1.54) is 23.1 Å². The lowest BCUT2D eigenvalue weighted by Crippen LogP contribution is -2.52. The Morgan fingerprint density at radius 3 is 2.44 bits per heavy atom. The molecule has 11 heteroatoms. The number of benzene rings is 2. The third-order valence-electron chi connectivity index (χ3n) is 7.45. The monoisotopic (exact) mass is 563 g/mol. The number of nitrogens with zero attached hydrogens (tertiary/aromatic N) is 5. The maximum absolute atomic E-state index is 14.4. The first-order valence-electron chi connectivity index (χ1n) is 13.7. The highest BCUT2D eigenvalue weighted by atomic mass is 19.1. The van der Waals surface area contributed by atoms with Gasteiger partial charge < -0.3 is 28.9 Å². The van der Waals surface area contributed by atoms with Gasteiger partial charge in [0, 0.05) is 44.9 Å². The van der Waals surface area contributed by atoms with E-state index in [2.05, 4.69) is 15.1 Å². The van der Waals surface area contributed by atoms with Crippen LogP contribution in [0, 0.1) is 5.82 Å². The third-order valence-corrected chi connectivity index (χ3v) is 7.45. The molecule has 2 aromatic carbocycles. The van der Waals surface area contributed by atoms with Gasteiger partial charge in [0.2, 0.25) is 5.91 Å². The Hall–Kier alpha value is -4.25. The number of hydrogen-bond donors (Lipinski definition) is 0. The zero-order chi connectivity index (χ0) is 28.8. The maximum Gasteiger partial charge on any atom is 0.257 e. The molecule has 2 fully saturated rings. The SMILES string of the molecule is COc1ccc(-c2ccc(N3CCN(C(=O)CN(C[C@H]4CCCO4)C(=O)c4ccccc4F)CC3)nn2)cc1OC. The molecule has 0 N–H and O–H groups in total. The van der Waals surface area contributed by atoms with Crippen LogP contribution < -0.4 is 14.4 Å². The quantitative estimate of drug-likeness (QED) is 0.392. The van der Waals surface area contributed by atoms with Gasteiger partial charge in [-0.05, 0) is 55.3 Å². The molecule has 2 aliphatic heterocycles. The van der Waals surface area contributed by atoms with E-state index in [0.717, 1.165) is 24.2 Å². The fraction of sp³-hybridized carbons (Fsp3) is 0.400. The van der Waals surface area contributed by atoms with Crippen molar-refractivity contribution in [3.05, 3.63) is 66.0 Å². The van der Waals surface area contributed by atoms with Crippen LogP contribution in [0.15, 0.2) is 54.6 Å². The molecule has 0 spiro atoms. The summed E-state index contributed by atoms with van der Waals surface area (Å²) in [6.45, 7) is 2.83. The van der Waals surface area contributed by atoms with E-state index in [4.69, 9.17) is 14.2 Å². The summed E-state index contributed by atoms with van der Waals surface area (Å²) in [6, 6.07) is 15.2. The van der Waals surface area contributed by atoms with E-state index < -0.39 is 11.7 Å². The molecule has 0 bridgehead atoms. The predicted molar refractivity (Wildman–Crippen MR) is 151 cm³/mol. The Bertz CT molecular complexity index is 1360. The van der Waals surface area contributed by atoms with Gasteiger partial charge in [0.15, 0.2) is 17.3 Å². The molecule has 0 radical (unpaired) electrons. The average molecular weight is 564 g/mol. The van der Waals surface area contributed by atoms with Gasteiger partial charge in [-0.1, -0.05) is 12.1 Å². The molecule has 2 saturated heterocycles. The van der Waals surface area contributed by atoms with Crippen LogP contribution in [-0.2, 0) is 9.53 Å². The van der Waals surface area contributed by atoms with Crippen LogP contribution in [0.25, 0.3) is 11.3 Å². The molecule has 2 aliphatic rings. The Morgan fingerprint density at radius 2 is 1.78 bits per heavy atom. The van der Waals surface area contributed by atoms with Crippen LogP contribution >= 0.6 is 0 Å². The van der Waals surface area contributed by atoms with Gasteiger partial charge >= 0.3 is 0 Å². The van der Waals surface area contributed by atoms with E-state index in [0.29, 0.717) is 50.0 Å². The second kappa shape index (κ2) is 12.9. The molecule has 216 valence electrons. The number of hydrogen-bond acceptors (Lipinski definition) is 8. The van der Waals surface area contributed by atoms with Gasteiger partial charge in [0.05, 0.1) is 31.6 Å². The molecular weight excluding hydrogens is 529 g/mol. The summed E-state index contributed by atoms with van der Waals surface area (Å²) < 4.78 is 30.8. The molecule has 3 heterocycles. The first kappa shape index (κ1) is 28.3. The van der Waals surface area contributed by atoms with Crippen molar-refractivity contribution < 1.29 is 28.2 Å². The van der Waals surface area contributed by atoms with Crippen molar-refractivity contribution in [3.8, 4) is 22.8 Å². The Kier molecular flexibility index (Phi) is 8.93. The number of carbonyl (C=O) groups excluding carboxylic acids is 2. The molecule has 0 saturated carbocycles. The minimum absolute atomic E-state index is 0.0433. The Balaban J connectivity index is 1.20. The van der Waals surface area contributed by atoms with E-state index >= 15 is 0 Å². The van der Waals surface area contributed by atoms with Crippen molar-refractivity contribution in [1.29, 1.82) is 0 Å². The topological polar surface area (TPSA) is 97.3 Å². The van der Waals surface area contributed by atoms with Crippen LogP contribution in [0.4, 0.5) is 10.2 Å². The highest BCUT2D eigenvalue weighted by Gasteiger charge is 2.29. The highest BCUT2D eigenvalue weighted by Crippen LogP contribution is 2.31. The first-order chi connectivity index (χ1) is 20.0. The summed E-state index contributed by atoms with van der Waals surface area (Å²) in [5.41, 5.74) is 1.52. The van der Waals surface area contributed by atoms with Crippen LogP contribution in [0.3, 0.4) is 0 Å². The van der Waals surface area contributed by atoms with Gasteiger partial charge in [-0.2, -0.15) is 0 Å². The standard InChI is InChI=1S/C30H34FN5O5/c1-39-26-11-9-21(18-27(26)40-2)25-10-12-28(33-32-25)34-13-15-35(16-14-34)29(37)20-36(19-22-6-5-17-41-22)30(38)23-7-3-4-8-24(23)31/h3-4,7-12,18,22H,5-6,13-17,19-20H2,1-2H3/t22-/m1/s1. The van der Waals surface area contributed by atoms with Crippen LogP contribution in [0.2, 0.25) is 0 Å². The second-order valence-corrected chi connectivity index (χ2v) is 10.0. The molecule has 3 aromatic rings. The molecule has 10 nitrogen and oxygen atoms in total. The molecule has 0 unspecified atom stereocenters. The van der Waals surface area contributed by atoms with E-state index in [-0.39, 0.29) is 30.7 Å². The fourth-order valence-electron chi connectivity index (χ4n) is 5.15. The highest BCUT2D eigenvalue weighted by molar-refractivity contribution is 5.96. The van der Waals surface area contributed by atoms with Crippen molar-refractivity contribution in [2.45, 2.75) is 18.9 Å². The third kappa shape index (κ3) is 6.57. The number of anilines is 1. The minimum atomic E-state index is -0.603. The number of halogens is 1. The summed E-state index contributed by atoms with van der Waals surface area (Å²) in [5, 5.41) is 8.81. The Morgan fingerprint density at radius 1 is 1.00 bits per heavy atom. The van der Waals surface area contributed by atoms with Crippen molar-refractivity contribution in [2.24, 2.45) is 0 Å². The van der Waals surface area contributed by atoms with E-state index in [1.807, 2.05) is 30.3 Å². The maximum atomic E-state index is 14.4. The molecule has 2 amide bonds. The molecule has 1 atom stereocenters. The van der Waals surface area contributed by atoms with Gasteiger partial charge in [-0.3, -0.25) is 9.59 Å². The number of aromatic nitrogens is 2. The zero-order valence-corrected chi connectivity index (χ0v) is 23.3. The number of amides is 2. The summed E-state index contributed by atoms with van der Waals surface area (Å²) in [5.74, 6) is 0.685. The summed E-state index contributed by atoms with van der Waals surface area (Å²) in [7, 11) is 3.18. The summed E-state index contributed by atoms with van der Waals surface area (Å²) >= 11 is 0. The number of carbonyl (C=O) groups is 2. The summed E-state index contributed by atoms with van der Waals surface area (Å²) in [4.78, 5) is 31.7. The molecule has 1 aromatic heterocycles. The van der Waals surface area contributed by atoms with Gasteiger partial charge in [-0.25, -0.2) is 4.39 Å². The number of ether oxygens (including phenoxy) is 3. The van der Waals surface area contributed by atoms with Gasteiger partial charge in [0.1, 0.15) is 12.4 Å². The minimum Gasteiger partial charge on any atom is -0.493 e. The fourth-order valence-corrected chi connectivity index (χ4v) is 5.15. The molecule has 41 heavy (non-hydrogen) atoms. The zero-order valence-electron chi connectivity index (χ0n) is 23.3. The van der Waals surface area contributed by atoms with E-state index in [1.54, 1.807) is 25.2 Å². The van der Waals surface area contributed by atoms with Gasteiger partial charge in [-0.15, -0.1) is 10.2 Å². The molecule has 0 aliphatic carbocycles.